The zero-order valence-electron chi connectivity index (χ0n) is 25.2. The highest BCUT2D eigenvalue weighted by Gasteiger charge is 2.15. The molecule has 4 aromatic carbocycles. The SMILES string of the molecule is CC(C)(N)COc1ccc(Nc2ccc(CCNC[C@H](O)c3ccc(OCc4ccccc4)c4[nH]c(=O)ccc34)cc2)cc1. The number of hydrogen-bond donors (Lipinski definition) is 5. The largest absolute Gasteiger partial charge is 0.492 e. The van der Waals surface area contributed by atoms with E-state index >= 15 is 0 Å². The molecule has 0 aliphatic rings. The average Bonchev–Trinajstić information content (AvgIpc) is 3.02. The number of H-pyrrole nitrogens is 1. The van der Waals surface area contributed by atoms with Gasteiger partial charge < -0.3 is 35.9 Å². The van der Waals surface area contributed by atoms with E-state index in [0.717, 1.165) is 40.1 Å². The Kier molecular flexibility index (Phi) is 9.96. The highest BCUT2D eigenvalue weighted by atomic mass is 16.5. The van der Waals surface area contributed by atoms with Gasteiger partial charge in [0.15, 0.2) is 0 Å². The molecule has 0 aliphatic carbocycles. The molecule has 1 aromatic heterocycles. The number of rotatable bonds is 14. The summed E-state index contributed by atoms with van der Waals surface area (Å²) in [4.78, 5) is 15.0. The molecular formula is C36H40N4O4. The van der Waals surface area contributed by atoms with E-state index in [-0.39, 0.29) is 11.1 Å². The third-order valence-corrected chi connectivity index (χ3v) is 7.12. The molecule has 0 saturated heterocycles. The van der Waals surface area contributed by atoms with Gasteiger partial charge in [0.25, 0.3) is 0 Å². The standard InChI is InChI=1S/C36H40N4O4/c1-36(2,37)24-44-29-14-12-28(13-15-29)39-27-10-8-25(9-11-27)20-21-38-22-32(41)30-16-18-33(35-31(30)17-19-34(42)40-35)43-23-26-6-4-3-5-7-26/h3-19,32,38-39,41H,20-24,37H2,1-2H3,(H,40,42)/t32-/m0/s1. The highest BCUT2D eigenvalue weighted by Crippen LogP contribution is 2.30. The number of nitrogens with two attached hydrogens (primary N) is 1. The average molecular weight is 593 g/mol. The van der Waals surface area contributed by atoms with Crippen LogP contribution in [0, 0.1) is 0 Å². The summed E-state index contributed by atoms with van der Waals surface area (Å²) in [5, 5.41) is 18.6. The Balaban J connectivity index is 1.11. The van der Waals surface area contributed by atoms with Crippen molar-refractivity contribution >= 4 is 22.3 Å². The minimum absolute atomic E-state index is 0.219. The molecule has 228 valence electrons. The highest BCUT2D eigenvalue weighted by molar-refractivity contribution is 5.87. The number of pyridine rings is 1. The van der Waals surface area contributed by atoms with Crippen molar-refractivity contribution in [3.05, 3.63) is 130 Å². The minimum Gasteiger partial charge on any atom is -0.492 e. The lowest BCUT2D eigenvalue weighted by molar-refractivity contribution is 0.176. The van der Waals surface area contributed by atoms with E-state index < -0.39 is 6.10 Å². The summed E-state index contributed by atoms with van der Waals surface area (Å²) in [7, 11) is 0. The molecule has 44 heavy (non-hydrogen) atoms. The number of aromatic nitrogens is 1. The summed E-state index contributed by atoms with van der Waals surface area (Å²) in [5.74, 6) is 1.36. The number of aliphatic hydroxyl groups excluding tert-OH is 1. The Bertz CT molecular complexity index is 1700. The van der Waals surface area contributed by atoms with Crippen LogP contribution in [0.1, 0.15) is 36.6 Å². The van der Waals surface area contributed by atoms with E-state index in [0.29, 0.717) is 37.6 Å². The van der Waals surface area contributed by atoms with Gasteiger partial charge in [0, 0.05) is 34.9 Å². The Labute approximate surface area is 257 Å². The molecule has 0 aliphatic heterocycles. The third kappa shape index (κ3) is 8.70. The lowest BCUT2D eigenvalue weighted by Gasteiger charge is -2.19. The van der Waals surface area contributed by atoms with Crippen molar-refractivity contribution in [2.45, 2.75) is 38.5 Å². The van der Waals surface area contributed by atoms with Gasteiger partial charge in [-0.15, -0.1) is 0 Å². The fourth-order valence-corrected chi connectivity index (χ4v) is 4.80. The van der Waals surface area contributed by atoms with Crippen molar-refractivity contribution < 1.29 is 14.6 Å². The Morgan fingerprint density at radius 3 is 2.25 bits per heavy atom. The second-order valence-electron chi connectivity index (χ2n) is 11.6. The van der Waals surface area contributed by atoms with E-state index in [1.54, 1.807) is 12.1 Å². The van der Waals surface area contributed by atoms with E-state index in [2.05, 4.69) is 39.9 Å². The van der Waals surface area contributed by atoms with Gasteiger partial charge in [-0.05, 0) is 92.0 Å². The van der Waals surface area contributed by atoms with Gasteiger partial charge in [-0.1, -0.05) is 48.5 Å². The van der Waals surface area contributed by atoms with Crippen LogP contribution in [0.3, 0.4) is 0 Å². The van der Waals surface area contributed by atoms with Gasteiger partial charge in [-0.2, -0.15) is 0 Å². The quantitative estimate of drug-likeness (QED) is 0.103. The summed E-state index contributed by atoms with van der Waals surface area (Å²) in [5.41, 5.74) is 10.9. The molecule has 5 rings (SSSR count). The molecule has 0 amide bonds. The van der Waals surface area contributed by atoms with Crippen molar-refractivity contribution in [3.8, 4) is 11.5 Å². The summed E-state index contributed by atoms with van der Waals surface area (Å²) in [6.45, 7) is 5.78. The molecule has 0 bridgehead atoms. The fourth-order valence-electron chi connectivity index (χ4n) is 4.80. The molecule has 5 aromatic rings. The molecule has 0 saturated carbocycles. The first-order chi connectivity index (χ1) is 21.2. The van der Waals surface area contributed by atoms with Crippen LogP contribution < -0.4 is 31.4 Å². The summed E-state index contributed by atoms with van der Waals surface area (Å²) in [6, 6.07) is 32.8. The second-order valence-corrected chi connectivity index (χ2v) is 11.6. The number of fused-ring (bicyclic) bond motifs is 1. The normalized spacial score (nSPS) is 12.2. The molecule has 0 unspecified atom stereocenters. The second kappa shape index (κ2) is 14.2. The van der Waals surface area contributed by atoms with Crippen molar-refractivity contribution in [3.63, 3.8) is 0 Å². The smallest absolute Gasteiger partial charge is 0.248 e. The van der Waals surface area contributed by atoms with Crippen molar-refractivity contribution in [1.29, 1.82) is 0 Å². The molecule has 0 radical (unpaired) electrons. The zero-order chi connectivity index (χ0) is 30.9. The lowest BCUT2D eigenvalue weighted by Crippen LogP contribution is -2.38. The summed E-state index contributed by atoms with van der Waals surface area (Å²) >= 11 is 0. The van der Waals surface area contributed by atoms with Crippen LogP contribution >= 0.6 is 0 Å². The fraction of sp³-hybridized carbons (Fsp3) is 0.250. The predicted octanol–water partition coefficient (Wildman–Crippen LogP) is 5.83. The maximum absolute atomic E-state index is 12.1. The van der Waals surface area contributed by atoms with Gasteiger partial charge in [0.05, 0.1) is 11.6 Å². The van der Waals surface area contributed by atoms with Crippen molar-refractivity contribution in [2.75, 3.05) is 25.0 Å². The molecule has 6 N–H and O–H groups in total. The Hall–Kier alpha value is -4.63. The van der Waals surface area contributed by atoms with Crippen molar-refractivity contribution in [1.82, 2.24) is 10.3 Å². The van der Waals surface area contributed by atoms with E-state index in [9.17, 15) is 9.90 Å². The zero-order valence-corrected chi connectivity index (χ0v) is 25.2. The van der Waals surface area contributed by atoms with E-state index in [1.807, 2.05) is 74.5 Å². The first-order valence-corrected chi connectivity index (χ1v) is 14.8. The maximum Gasteiger partial charge on any atom is 0.248 e. The number of anilines is 2. The molecule has 0 spiro atoms. The maximum atomic E-state index is 12.1. The third-order valence-electron chi connectivity index (χ3n) is 7.12. The van der Waals surface area contributed by atoms with E-state index in [4.69, 9.17) is 15.2 Å². The lowest BCUT2D eigenvalue weighted by atomic mass is 10.0. The number of aromatic amines is 1. The van der Waals surface area contributed by atoms with Crippen LogP contribution in [0.4, 0.5) is 11.4 Å². The predicted molar refractivity (Wildman–Crippen MR) is 177 cm³/mol. The van der Waals surface area contributed by atoms with Crippen LogP contribution in [0.15, 0.2) is 108 Å². The van der Waals surface area contributed by atoms with Gasteiger partial charge >= 0.3 is 0 Å². The van der Waals surface area contributed by atoms with Gasteiger partial charge in [0.1, 0.15) is 24.7 Å². The monoisotopic (exact) mass is 592 g/mol. The number of aliphatic hydroxyl groups is 1. The molecular weight excluding hydrogens is 552 g/mol. The van der Waals surface area contributed by atoms with Gasteiger partial charge in [-0.3, -0.25) is 4.79 Å². The molecule has 8 nitrogen and oxygen atoms in total. The van der Waals surface area contributed by atoms with E-state index in [1.165, 1.54) is 11.6 Å². The minimum atomic E-state index is -0.753. The van der Waals surface area contributed by atoms with Crippen LogP contribution in [-0.2, 0) is 13.0 Å². The molecule has 1 heterocycles. The first kappa shape index (κ1) is 30.8. The summed E-state index contributed by atoms with van der Waals surface area (Å²) in [6.07, 6.45) is 0.0633. The topological polar surface area (TPSA) is 122 Å². The Morgan fingerprint density at radius 1 is 0.841 bits per heavy atom. The number of nitrogens with one attached hydrogen (secondary N) is 3. The van der Waals surface area contributed by atoms with Crippen LogP contribution in [-0.4, -0.2) is 35.3 Å². The molecule has 8 heteroatoms. The van der Waals surface area contributed by atoms with Crippen LogP contribution in [0.25, 0.3) is 10.9 Å². The number of benzene rings is 4. The van der Waals surface area contributed by atoms with Gasteiger partial charge in [0.2, 0.25) is 5.56 Å². The Morgan fingerprint density at radius 2 is 1.55 bits per heavy atom. The molecule has 1 atom stereocenters. The first-order valence-electron chi connectivity index (χ1n) is 14.8. The van der Waals surface area contributed by atoms with Crippen molar-refractivity contribution in [2.24, 2.45) is 5.73 Å². The number of ether oxygens (including phenoxy) is 2. The molecule has 0 fully saturated rings. The van der Waals surface area contributed by atoms with Crippen LogP contribution in [0.5, 0.6) is 11.5 Å². The van der Waals surface area contributed by atoms with Gasteiger partial charge in [-0.25, -0.2) is 0 Å². The van der Waals surface area contributed by atoms with Crippen LogP contribution in [0.2, 0.25) is 0 Å². The number of hydrogen-bond acceptors (Lipinski definition) is 7. The summed E-state index contributed by atoms with van der Waals surface area (Å²) < 4.78 is 11.8.